The average Bonchev–Trinajstić information content (AvgIpc) is 2.62. The molecule has 8 heteroatoms. The van der Waals surface area contributed by atoms with Gasteiger partial charge in [0.15, 0.2) is 0 Å². The maximum Gasteiger partial charge on any atom is 0.246 e. The second-order valence-corrected chi connectivity index (χ2v) is 7.79. The predicted molar refractivity (Wildman–Crippen MR) is 94.2 cm³/mol. The summed E-state index contributed by atoms with van der Waals surface area (Å²) < 4.78 is 37.6. The molecule has 1 amide bonds. The third-order valence-electron chi connectivity index (χ3n) is 4.03. The molecule has 2 rings (SSSR count). The SMILES string of the molecule is CCCCNC(=O)Cc1ccc(OC)c(S(=O)(=O)N2CCOCC2)c1. The molecule has 140 valence electrons. The van der Waals surface area contributed by atoms with Crippen LogP contribution in [0.4, 0.5) is 0 Å². The van der Waals surface area contributed by atoms with Crippen LogP contribution in [0.15, 0.2) is 23.1 Å². The minimum Gasteiger partial charge on any atom is -0.495 e. The fraction of sp³-hybridized carbons (Fsp3) is 0.588. The highest BCUT2D eigenvalue weighted by atomic mass is 32.2. The zero-order valence-corrected chi connectivity index (χ0v) is 15.6. The summed E-state index contributed by atoms with van der Waals surface area (Å²) in [6.07, 6.45) is 2.06. The smallest absolute Gasteiger partial charge is 0.246 e. The molecule has 0 spiro atoms. The molecule has 1 aromatic carbocycles. The summed E-state index contributed by atoms with van der Waals surface area (Å²) in [6.45, 7) is 4.06. The molecule has 1 fully saturated rings. The van der Waals surface area contributed by atoms with Gasteiger partial charge < -0.3 is 14.8 Å². The Morgan fingerprint density at radius 3 is 2.68 bits per heavy atom. The summed E-state index contributed by atoms with van der Waals surface area (Å²) in [5.74, 6) is 0.162. The van der Waals surface area contributed by atoms with Gasteiger partial charge in [-0.15, -0.1) is 0 Å². The number of methoxy groups -OCH3 is 1. The molecule has 25 heavy (non-hydrogen) atoms. The van der Waals surface area contributed by atoms with Gasteiger partial charge in [-0.1, -0.05) is 19.4 Å². The number of benzene rings is 1. The number of ether oxygens (including phenoxy) is 2. The van der Waals surface area contributed by atoms with Crippen LogP contribution in [0.25, 0.3) is 0 Å². The Morgan fingerprint density at radius 2 is 2.04 bits per heavy atom. The van der Waals surface area contributed by atoms with Gasteiger partial charge in [-0.25, -0.2) is 8.42 Å². The van der Waals surface area contributed by atoms with E-state index >= 15 is 0 Å². The summed E-state index contributed by atoms with van der Waals surface area (Å²) in [7, 11) is -2.25. The van der Waals surface area contributed by atoms with E-state index in [0.717, 1.165) is 12.8 Å². The van der Waals surface area contributed by atoms with Gasteiger partial charge in [-0.3, -0.25) is 4.79 Å². The first-order valence-electron chi connectivity index (χ1n) is 8.50. The van der Waals surface area contributed by atoms with Crippen molar-refractivity contribution in [3.63, 3.8) is 0 Å². The number of morpholine rings is 1. The Bertz CT molecular complexity index is 684. The molecule has 1 aromatic rings. The minimum absolute atomic E-state index is 0.0933. The van der Waals surface area contributed by atoms with Crippen molar-refractivity contribution in [3.05, 3.63) is 23.8 Å². The maximum absolute atomic E-state index is 12.9. The number of carbonyl (C=O) groups excluding carboxylic acids is 1. The monoisotopic (exact) mass is 370 g/mol. The van der Waals surface area contributed by atoms with Gasteiger partial charge in [0.1, 0.15) is 10.6 Å². The number of sulfonamides is 1. The molecule has 0 saturated carbocycles. The number of nitrogens with zero attached hydrogens (tertiary/aromatic N) is 1. The van der Waals surface area contributed by atoms with Gasteiger partial charge in [0, 0.05) is 19.6 Å². The lowest BCUT2D eigenvalue weighted by Gasteiger charge is -2.26. The molecule has 1 aliphatic rings. The molecule has 0 atom stereocenters. The van der Waals surface area contributed by atoms with Crippen molar-refractivity contribution in [3.8, 4) is 5.75 Å². The maximum atomic E-state index is 12.9. The average molecular weight is 370 g/mol. The molecule has 0 bridgehead atoms. The third kappa shape index (κ3) is 5.17. The topological polar surface area (TPSA) is 84.9 Å². The summed E-state index contributed by atoms with van der Waals surface area (Å²) in [6, 6.07) is 4.85. The molecule has 0 aromatic heterocycles. The Kier molecular flexibility index (Phi) is 7.22. The van der Waals surface area contributed by atoms with Crippen LogP contribution >= 0.6 is 0 Å². The van der Waals surface area contributed by atoms with Gasteiger partial charge in [0.2, 0.25) is 15.9 Å². The van der Waals surface area contributed by atoms with Gasteiger partial charge in [0.25, 0.3) is 0 Å². The van der Waals surface area contributed by atoms with E-state index in [-0.39, 0.29) is 23.0 Å². The molecular formula is C17H26N2O5S. The summed E-state index contributed by atoms with van der Waals surface area (Å²) in [4.78, 5) is 12.1. The Hall–Kier alpha value is -1.64. The highest BCUT2D eigenvalue weighted by molar-refractivity contribution is 7.89. The number of hydrogen-bond donors (Lipinski definition) is 1. The fourth-order valence-corrected chi connectivity index (χ4v) is 4.23. The molecule has 0 radical (unpaired) electrons. The van der Waals surface area contributed by atoms with Gasteiger partial charge >= 0.3 is 0 Å². The molecule has 0 unspecified atom stereocenters. The van der Waals surface area contributed by atoms with E-state index < -0.39 is 10.0 Å². The first-order chi connectivity index (χ1) is 12.0. The van der Waals surface area contributed by atoms with Crippen LogP contribution in [0.1, 0.15) is 25.3 Å². The highest BCUT2D eigenvalue weighted by Gasteiger charge is 2.29. The number of carbonyl (C=O) groups is 1. The number of amides is 1. The lowest BCUT2D eigenvalue weighted by atomic mass is 10.1. The first kappa shape index (κ1) is 19.7. The number of unbranched alkanes of at least 4 members (excludes halogenated alkanes) is 1. The fourth-order valence-electron chi connectivity index (χ4n) is 2.61. The summed E-state index contributed by atoms with van der Waals surface area (Å²) in [5.41, 5.74) is 0.640. The van der Waals surface area contributed by atoms with Crippen molar-refractivity contribution in [1.82, 2.24) is 9.62 Å². The number of hydrogen-bond acceptors (Lipinski definition) is 5. The molecule has 1 N–H and O–H groups in total. The molecule has 1 heterocycles. The largest absolute Gasteiger partial charge is 0.495 e. The van der Waals surface area contributed by atoms with E-state index in [4.69, 9.17) is 9.47 Å². The predicted octanol–water partition coefficient (Wildman–Crippen LogP) is 1.17. The molecule has 1 aliphatic heterocycles. The van der Waals surface area contributed by atoms with Crippen LogP contribution in [-0.2, 0) is 26.0 Å². The summed E-state index contributed by atoms with van der Waals surface area (Å²) >= 11 is 0. The molecule has 7 nitrogen and oxygen atoms in total. The molecule has 0 aliphatic carbocycles. The zero-order chi connectivity index (χ0) is 18.3. The number of nitrogens with one attached hydrogen (secondary N) is 1. The first-order valence-corrected chi connectivity index (χ1v) is 9.94. The van der Waals surface area contributed by atoms with Crippen LogP contribution in [0.2, 0.25) is 0 Å². The van der Waals surface area contributed by atoms with Crippen molar-refractivity contribution in [2.45, 2.75) is 31.1 Å². The molecular weight excluding hydrogens is 344 g/mol. The van der Waals surface area contributed by atoms with Gasteiger partial charge in [-0.2, -0.15) is 4.31 Å². The zero-order valence-electron chi connectivity index (χ0n) is 14.8. The van der Waals surface area contributed by atoms with Crippen molar-refractivity contribution in [2.75, 3.05) is 40.0 Å². The van der Waals surface area contributed by atoms with Crippen LogP contribution < -0.4 is 10.1 Å². The van der Waals surface area contributed by atoms with Crippen molar-refractivity contribution >= 4 is 15.9 Å². The minimum atomic E-state index is -3.69. The Balaban J connectivity index is 2.20. The van der Waals surface area contributed by atoms with E-state index in [9.17, 15) is 13.2 Å². The van der Waals surface area contributed by atoms with E-state index in [2.05, 4.69) is 12.2 Å². The normalized spacial score (nSPS) is 15.8. The quantitative estimate of drug-likeness (QED) is 0.695. The van der Waals surface area contributed by atoms with Crippen LogP contribution in [0, 0.1) is 0 Å². The van der Waals surface area contributed by atoms with Crippen LogP contribution in [0.5, 0.6) is 5.75 Å². The highest BCUT2D eigenvalue weighted by Crippen LogP contribution is 2.28. The second kappa shape index (κ2) is 9.17. The lowest BCUT2D eigenvalue weighted by molar-refractivity contribution is -0.120. The van der Waals surface area contributed by atoms with E-state index in [0.29, 0.717) is 38.4 Å². The van der Waals surface area contributed by atoms with Crippen molar-refractivity contribution < 1.29 is 22.7 Å². The second-order valence-electron chi connectivity index (χ2n) is 5.88. The van der Waals surface area contributed by atoms with Crippen molar-refractivity contribution in [2.24, 2.45) is 0 Å². The Morgan fingerprint density at radius 1 is 1.32 bits per heavy atom. The molecule has 1 saturated heterocycles. The van der Waals surface area contributed by atoms with E-state index in [1.165, 1.54) is 17.5 Å². The third-order valence-corrected chi connectivity index (χ3v) is 5.95. The lowest BCUT2D eigenvalue weighted by Crippen LogP contribution is -2.40. The van der Waals surface area contributed by atoms with Crippen molar-refractivity contribution in [1.29, 1.82) is 0 Å². The van der Waals surface area contributed by atoms with E-state index in [1.807, 2.05) is 0 Å². The standard InChI is InChI=1S/C17H26N2O5S/c1-3-4-7-18-17(20)13-14-5-6-15(23-2)16(12-14)25(21,22)19-8-10-24-11-9-19/h5-6,12H,3-4,7-11,13H2,1-2H3,(H,18,20). The van der Waals surface area contributed by atoms with Gasteiger partial charge in [-0.05, 0) is 24.1 Å². The van der Waals surface area contributed by atoms with E-state index in [1.54, 1.807) is 12.1 Å². The summed E-state index contributed by atoms with van der Waals surface area (Å²) in [5, 5.41) is 2.84. The van der Waals surface area contributed by atoms with Gasteiger partial charge in [0.05, 0.1) is 26.7 Å². The Labute approximate surface area is 149 Å². The van der Waals surface area contributed by atoms with Crippen LogP contribution in [-0.4, -0.2) is 58.6 Å². The number of rotatable bonds is 8. The van der Waals surface area contributed by atoms with Crippen LogP contribution in [0.3, 0.4) is 0 Å².